The Balaban J connectivity index is 2.47. The summed E-state index contributed by atoms with van der Waals surface area (Å²) in [6.07, 6.45) is 4.36. The normalized spacial score (nSPS) is 18.4. The van der Waals surface area contributed by atoms with Crippen LogP contribution < -0.4 is 5.32 Å². The largest absolute Gasteiger partial charge is 0.480 e. The second-order valence-electron chi connectivity index (χ2n) is 6.75. The lowest BCUT2D eigenvalue weighted by atomic mass is 9.75. The van der Waals surface area contributed by atoms with Gasteiger partial charge in [-0.3, -0.25) is 0 Å². The van der Waals surface area contributed by atoms with Crippen LogP contribution in [-0.4, -0.2) is 53.1 Å². The summed E-state index contributed by atoms with van der Waals surface area (Å²) >= 11 is 1.58. The first kappa shape index (κ1) is 18.1. The van der Waals surface area contributed by atoms with Gasteiger partial charge in [-0.05, 0) is 42.6 Å². The third-order valence-electron chi connectivity index (χ3n) is 4.21. The Morgan fingerprint density at radius 2 is 1.90 bits per heavy atom. The molecule has 122 valence electrons. The van der Waals surface area contributed by atoms with E-state index in [0.29, 0.717) is 25.4 Å². The minimum atomic E-state index is -0.957. The van der Waals surface area contributed by atoms with Gasteiger partial charge in [-0.1, -0.05) is 20.8 Å². The van der Waals surface area contributed by atoms with Crippen molar-refractivity contribution in [3.63, 3.8) is 0 Å². The fraction of sp³-hybridized carbons (Fsp3) is 0.867. The summed E-state index contributed by atoms with van der Waals surface area (Å²) in [4.78, 5) is 25.1. The van der Waals surface area contributed by atoms with E-state index in [1.54, 1.807) is 16.7 Å². The molecular formula is C15H28N2O3S. The Morgan fingerprint density at radius 3 is 2.33 bits per heavy atom. The molecule has 1 rings (SSSR count). The summed E-state index contributed by atoms with van der Waals surface area (Å²) in [5.74, 6) is 0.388. The maximum atomic E-state index is 12.2. The molecule has 1 aliphatic heterocycles. The van der Waals surface area contributed by atoms with Crippen LogP contribution in [0.25, 0.3) is 0 Å². The van der Waals surface area contributed by atoms with Gasteiger partial charge in [-0.2, -0.15) is 11.8 Å². The summed E-state index contributed by atoms with van der Waals surface area (Å²) in [5.41, 5.74) is 0.268. The zero-order valence-electron chi connectivity index (χ0n) is 13.5. The number of carboxylic acids is 1. The quantitative estimate of drug-likeness (QED) is 0.818. The molecule has 1 atom stereocenters. The van der Waals surface area contributed by atoms with E-state index in [1.807, 2.05) is 6.26 Å². The van der Waals surface area contributed by atoms with Crippen molar-refractivity contribution in [2.45, 2.75) is 46.1 Å². The lowest BCUT2D eigenvalue weighted by Crippen LogP contribution is -2.51. The summed E-state index contributed by atoms with van der Waals surface area (Å²) < 4.78 is 0. The molecule has 0 radical (unpaired) electrons. The molecule has 1 saturated heterocycles. The molecule has 0 saturated carbocycles. The molecule has 1 heterocycles. The second kappa shape index (κ2) is 7.92. The Bertz CT molecular complexity index is 360. The van der Waals surface area contributed by atoms with Crippen LogP contribution in [0, 0.1) is 11.3 Å². The number of carbonyl (C=O) groups is 2. The summed E-state index contributed by atoms with van der Waals surface area (Å²) in [6, 6.07) is -1.03. The molecule has 6 heteroatoms. The number of hydrogen-bond acceptors (Lipinski definition) is 3. The number of aliphatic carboxylic acids is 1. The number of amides is 2. The lowest BCUT2D eigenvalue weighted by molar-refractivity contribution is -0.139. The fourth-order valence-electron chi connectivity index (χ4n) is 2.68. The highest BCUT2D eigenvalue weighted by Gasteiger charge is 2.31. The first-order valence-corrected chi connectivity index (χ1v) is 8.92. The molecule has 1 aliphatic rings. The van der Waals surface area contributed by atoms with Gasteiger partial charge in [0, 0.05) is 13.1 Å². The van der Waals surface area contributed by atoms with Gasteiger partial charge in [-0.25, -0.2) is 9.59 Å². The van der Waals surface area contributed by atoms with E-state index in [9.17, 15) is 9.59 Å². The molecule has 2 amide bonds. The van der Waals surface area contributed by atoms with Crippen molar-refractivity contribution in [1.82, 2.24) is 10.2 Å². The molecule has 0 bridgehead atoms. The number of carbonyl (C=O) groups excluding carboxylic acids is 1. The van der Waals surface area contributed by atoms with Crippen LogP contribution in [0.2, 0.25) is 0 Å². The van der Waals surface area contributed by atoms with Crippen molar-refractivity contribution in [3.8, 4) is 0 Å². The fourth-order valence-corrected chi connectivity index (χ4v) is 3.15. The van der Waals surface area contributed by atoms with Crippen LogP contribution in [0.4, 0.5) is 4.79 Å². The van der Waals surface area contributed by atoms with Crippen molar-refractivity contribution in [2.24, 2.45) is 11.3 Å². The SMILES string of the molecule is CSCC[C@@H](NC(=O)N1CCC(C(C)(C)C)CC1)C(=O)O. The molecule has 21 heavy (non-hydrogen) atoms. The number of hydrogen-bond donors (Lipinski definition) is 2. The summed E-state index contributed by atoms with van der Waals surface area (Å²) in [5, 5.41) is 11.8. The van der Waals surface area contributed by atoms with E-state index in [0.717, 1.165) is 18.6 Å². The molecule has 0 aromatic carbocycles. The molecule has 0 aromatic rings. The number of rotatable bonds is 5. The number of thioether (sulfide) groups is 1. The average molecular weight is 316 g/mol. The van der Waals surface area contributed by atoms with Crippen LogP contribution in [0.15, 0.2) is 0 Å². The number of nitrogens with one attached hydrogen (secondary N) is 1. The van der Waals surface area contributed by atoms with Crippen molar-refractivity contribution in [1.29, 1.82) is 0 Å². The minimum Gasteiger partial charge on any atom is -0.480 e. The highest BCUT2D eigenvalue weighted by Crippen LogP contribution is 2.34. The zero-order valence-corrected chi connectivity index (χ0v) is 14.3. The Kier molecular flexibility index (Phi) is 6.84. The maximum absolute atomic E-state index is 12.2. The monoisotopic (exact) mass is 316 g/mol. The predicted molar refractivity (Wildman–Crippen MR) is 86.7 cm³/mol. The van der Waals surface area contributed by atoms with Gasteiger partial charge in [0.1, 0.15) is 6.04 Å². The van der Waals surface area contributed by atoms with Gasteiger partial charge >= 0.3 is 12.0 Å². The van der Waals surface area contributed by atoms with E-state index in [-0.39, 0.29) is 11.4 Å². The van der Waals surface area contributed by atoms with Gasteiger partial charge in [0.25, 0.3) is 0 Å². The van der Waals surface area contributed by atoms with Crippen molar-refractivity contribution < 1.29 is 14.7 Å². The van der Waals surface area contributed by atoms with Gasteiger partial charge in [0.2, 0.25) is 0 Å². The van der Waals surface area contributed by atoms with Gasteiger partial charge in [0.05, 0.1) is 0 Å². The molecule has 2 N–H and O–H groups in total. The zero-order chi connectivity index (χ0) is 16.0. The van der Waals surface area contributed by atoms with Crippen LogP contribution in [-0.2, 0) is 4.79 Å². The molecule has 0 spiro atoms. The topological polar surface area (TPSA) is 69.6 Å². The first-order chi connectivity index (χ1) is 9.75. The van der Waals surface area contributed by atoms with Crippen LogP contribution in [0.5, 0.6) is 0 Å². The van der Waals surface area contributed by atoms with Crippen molar-refractivity contribution >= 4 is 23.8 Å². The van der Waals surface area contributed by atoms with Gasteiger partial charge in [0.15, 0.2) is 0 Å². The third kappa shape index (κ3) is 5.77. The average Bonchev–Trinajstić information content (AvgIpc) is 2.42. The standard InChI is InChI=1S/C15H28N2O3S/c1-15(2,3)11-5-8-17(9-6-11)14(20)16-12(13(18)19)7-10-21-4/h11-12H,5-10H2,1-4H3,(H,16,20)(H,18,19)/t12-/m1/s1. The lowest BCUT2D eigenvalue weighted by Gasteiger charge is -2.39. The number of nitrogens with zero attached hydrogens (tertiary/aromatic N) is 1. The third-order valence-corrected chi connectivity index (χ3v) is 4.86. The summed E-state index contributed by atoms with van der Waals surface area (Å²) in [7, 11) is 0. The van der Waals surface area contributed by atoms with E-state index < -0.39 is 12.0 Å². The number of urea groups is 1. The van der Waals surface area contributed by atoms with Crippen molar-refractivity contribution in [3.05, 3.63) is 0 Å². The highest BCUT2D eigenvalue weighted by molar-refractivity contribution is 7.98. The van der Waals surface area contributed by atoms with E-state index in [1.165, 1.54) is 0 Å². The van der Waals surface area contributed by atoms with Gasteiger partial charge < -0.3 is 15.3 Å². The molecule has 0 aliphatic carbocycles. The van der Waals surface area contributed by atoms with Crippen molar-refractivity contribution in [2.75, 3.05) is 25.1 Å². The van der Waals surface area contributed by atoms with E-state index in [4.69, 9.17) is 5.11 Å². The van der Waals surface area contributed by atoms with E-state index in [2.05, 4.69) is 26.1 Å². The van der Waals surface area contributed by atoms with Crippen LogP contribution in [0.1, 0.15) is 40.0 Å². The molecular weight excluding hydrogens is 288 g/mol. The smallest absolute Gasteiger partial charge is 0.326 e. The Morgan fingerprint density at radius 1 is 1.33 bits per heavy atom. The second-order valence-corrected chi connectivity index (χ2v) is 7.73. The van der Waals surface area contributed by atoms with Crippen LogP contribution in [0.3, 0.4) is 0 Å². The van der Waals surface area contributed by atoms with Gasteiger partial charge in [-0.15, -0.1) is 0 Å². The molecule has 0 aromatic heterocycles. The minimum absolute atomic E-state index is 0.240. The Labute approximate surface area is 131 Å². The molecule has 1 fully saturated rings. The number of carboxylic acid groups (broad SMARTS) is 1. The molecule has 5 nitrogen and oxygen atoms in total. The first-order valence-electron chi connectivity index (χ1n) is 7.53. The number of likely N-dealkylation sites (tertiary alicyclic amines) is 1. The van der Waals surface area contributed by atoms with E-state index >= 15 is 0 Å². The molecule has 0 unspecified atom stereocenters. The predicted octanol–water partition coefficient (Wildman–Crippen LogP) is 2.66. The number of piperidine rings is 1. The maximum Gasteiger partial charge on any atom is 0.326 e. The Hall–Kier alpha value is -0.910. The summed E-state index contributed by atoms with van der Waals surface area (Å²) in [6.45, 7) is 8.12. The van der Waals surface area contributed by atoms with Crippen LogP contribution >= 0.6 is 11.8 Å². The highest BCUT2D eigenvalue weighted by atomic mass is 32.2.